The number of pyridine rings is 1. The SMILES string of the molecule is C[C@H](NC(O)CCc1nc2cccnc2n1Cc1ccc(OCc2ccccc2)cc1)c1ccc(Cl)cc1. The molecule has 2 atom stereocenters. The first-order valence-corrected chi connectivity index (χ1v) is 13.2. The van der Waals surface area contributed by atoms with Crippen molar-refractivity contribution in [1.82, 2.24) is 19.9 Å². The molecule has 2 heterocycles. The number of imidazole rings is 1. The van der Waals surface area contributed by atoms with Gasteiger partial charge in [0.25, 0.3) is 0 Å². The normalized spacial score (nSPS) is 12.9. The standard InChI is InChI=1S/C31H31ClN4O2/c1-22(25-11-13-26(32)14-12-25)34-30(37)18-17-29-35-28-8-5-19-33-31(28)36(29)20-23-9-15-27(16-10-23)38-21-24-6-3-2-4-7-24/h2-16,19,22,30,34,37H,17-18,20-21H2,1H3/t22-,30?/m0/s1. The second-order valence-electron chi connectivity index (χ2n) is 9.37. The lowest BCUT2D eigenvalue weighted by Crippen LogP contribution is -2.32. The van der Waals surface area contributed by atoms with Gasteiger partial charge >= 0.3 is 0 Å². The van der Waals surface area contributed by atoms with E-state index in [0.29, 0.717) is 31.0 Å². The smallest absolute Gasteiger partial charge is 0.160 e. The predicted molar refractivity (Wildman–Crippen MR) is 151 cm³/mol. The van der Waals surface area contributed by atoms with E-state index in [1.165, 1.54) is 0 Å². The summed E-state index contributed by atoms with van der Waals surface area (Å²) in [7, 11) is 0. The lowest BCUT2D eigenvalue weighted by molar-refractivity contribution is 0.115. The van der Waals surface area contributed by atoms with Gasteiger partial charge in [-0.1, -0.05) is 66.2 Å². The van der Waals surface area contributed by atoms with E-state index in [0.717, 1.165) is 39.4 Å². The molecule has 0 spiro atoms. The Balaban J connectivity index is 1.24. The minimum Gasteiger partial charge on any atom is -0.489 e. The summed E-state index contributed by atoms with van der Waals surface area (Å²) >= 11 is 6.00. The summed E-state index contributed by atoms with van der Waals surface area (Å²) in [6, 6.07) is 29.8. The number of aryl methyl sites for hydroxylation is 1. The average Bonchev–Trinajstić information content (AvgIpc) is 3.29. The van der Waals surface area contributed by atoms with Crippen LogP contribution in [0.5, 0.6) is 5.75 Å². The molecule has 3 aromatic carbocycles. The largest absolute Gasteiger partial charge is 0.489 e. The van der Waals surface area contributed by atoms with Crippen molar-refractivity contribution in [3.63, 3.8) is 0 Å². The van der Waals surface area contributed by atoms with Crippen LogP contribution in [0.15, 0.2) is 97.2 Å². The summed E-state index contributed by atoms with van der Waals surface area (Å²) in [5.41, 5.74) is 5.02. The van der Waals surface area contributed by atoms with Gasteiger partial charge in [-0.2, -0.15) is 0 Å². The Morgan fingerprint density at radius 3 is 2.45 bits per heavy atom. The van der Waals surface area contributed by atoms with Gasteiger partial charge in [-0.15, -0.1) is 0 Å². The van der Waals surface area contributed by atoms with E-state index in [4.69, 9.17) is 21.3 Å². The molecule has 194 valence electrons. The third-order valence-electron chi connectivity index (χ3n) is 6.55. The molecule has 5 aromatic rings. The van der Waals surface area contributed by atoms with Gasteiger partial charge in [0.1, 0.15) is 29.9 Å². The summed E-state index contributed by atoms with van der Waals surface area (Å²) in [5, 5.41) is 14.7. The second-order valence-corrected chi connectivity index (χ2v) is 9.81. The fourth-order valence-corrected chi connectivity index (χ4v) is 4.59. The Hall–Kier alpha value is -3.71. The molecule has 2 aromatic heterocycles. The van der Waals surface area contributed by atoms with Crippen molar-refractivity contribution in [1.29, 1.82) is 0 Å². The molecule has 0 fully saturated rings. The van der Waals surface area contributed by atoms with Gasteiger partial charge in [0.05, 0.1) is 6.54 Å². The highest BCUT2D eigenvalue weighted by molar-refractivity contribution is 6.30. The van der Waals surface area contributed by atoms with E-state index in [9.17, 15) is 5.11 Å². The molecule has 0 saturated heterocycles. The fraction of sp³-hybridized carbons (Fsp3) is 0.226. The van der Waals surface area contributed by atoms with Crippen LogP contribution in [0.2, 0.25) is 5.02 Å². The lowest BCUT2D eigenvalue weighted by Gasteiger charge is -2.19. The van der Waals surface area contributed by atoms with Crippen molar-refractivity contribution < 1.29 is 9.84 Å². The zero-order valence-corrected chi connectivity index (χ0v) is 22.1. The number of rotatable bonds is 11. The zero-order valence-electron chi connectivity index (χ0n) is 21.3. The third-order valence-corrected chi connectivity index (χ3v) is 6.80. The number of benzene rings is 3. The van der Waals surface area contributed by atoms with Crippen LogP contribution in [-0.4, -0.2) is 25.9 Å². The van der Waals surface area contributed by atoms with Crippen molar-refractivity contribution >= 4 is 22.8 Å². The van der Waals surface area contributed by atoms with Gasteiger partial charge in [-0.05, 0) is 66.4 Å². The topological polar surface area (TPSA) is 72.2 Å². The number of aromatic nitrogens is 3. The Morgan fingerprint density at radius 1 is 0.921 bits per heavy atom. The minimum absolute atomic E-state index is 0.00891. The number of halogens is 1. The van der Waals surface area contributed by atoms with E-state index in [-0.39, 0.29) is 6.04 Å². The molecule has 6 nitrogen and oxygen atoms in total. The summed E-state index contributed by atoms with van der Waals surface area (Å²) in [5.74, 6) is 1.72. The Morgan fingerprint density at radius 2 is 1.68 bits per heavy atom. The predicted octanol–water partition coefficient (Wildman–Crippen LogP) is 6.31. The van der Waals surface area contributed by atoms with Gasteiger partial charge in [-0.25, -0.2) is 9.97 Å². The second kappa shape index (κ2) is 12.2. The third kappa shape index (κ3) is 6.58. The number of ether oxygens (including phenoxy) is 1. The molecule has 1 unspecified atom stereocenters. The lowest BCUT2D eigenvalue weighted by atomic mass is 10.1. The van der Waals surface area contributed by atoms with E-state index < -0.39 is 6.23 Å². The molecule has 7 heteroatoms. The Kier molecular flexibility index (Phi) is 8.34. The molecule has 0 radical (unpaired) electrons. The highest BCUT2D eigenvalue weighted by Gasteiger charge is 2.16. The monoisotopic (exact) mass is 526 g/mol. The molecule has 0 amide bonds. The van der Waals surface area contributed by atoms with Gasteiger partial charge in [-0.3, -0.25) is 5.32 Å². The van der Waals surface area contributed by atoms with Crippen LogP contribution in [0.25, 0.3) is 11.2 Å². The summed E-state index contributed by atoms with van der Waals surface area (Å²) in [6.45, 7) is 3.19. The van der Waals surface area contributed by atoms with Crippen molar-refractivity contribution in [3.05, 3.63) is 125 Å². The highest BCUT2D eigenvalue weighted by atomic mass is 35.5. The Labute approximate surface area is 227 Å². The Bertz CT molecular complexity index is 1450. The maximum atomic E-state index is 10.7. The van der Waals surface area contributed by atoms with E-state index >= 15 is 0 Å². The van der Waals surface area contributed by atoms with Crippen LogP contribution in [-0.2, 0) is 19.6 Å². The number of hydrogen-bond donors (Lipinski definition) is 2. The molecule has 5 rings (SSSR count). The number of fused-ring (bicyclic) bond motifs is 1. The first-order chi connectivity index (χ1) is 18.5. The maximum absolute atomic E-state index is 10.7. The molecule has 0 aliphatic heterocycles. The molecule has 0 saturated carbocycles. The van der Waals surface area contributed by atoms with Crippen LogP contribution in [0.3, 0.4) is 0 Å². The zero-order chi connectivity index (χ0) is 26.3. The number of aliphatic hydroxyl groups excluding tert-OH is 1. The van der Waals surface area contributed by atoms with Gasteiger partial charge < -0.3 is 14.4 Å². The molecule has 0 aliphatic carbocycles. The van der Waals surface area contributed by atoms with Crippen LogP contribution in [0.1, 0.15) is 41.9 Å². The maximum Gasteiger partial charge on any atom is 0.160 e. The minimum atomic E-state index is -0.678. The molecular weight excluding hydrogens is 496 g/mol. The number of nitrogens with one attached hydrogen (secondary N) is 1. The summed E-state index contributed by atoms with van der Waals surface area (Å²) < 4.78 is 8.07. The summed E-state index contributed by atoms with van der Waals surface area (Å²) in [6.07, 6.45) is 2.24. The molecule has 0 bridgehead atoms. The summed E-state index contributed by atoms with van der Waals surface area (Å²) in [4.78, 5) is 9.42. The van der Waals surface area contributed by atoms with E-state index in [2.05, 4.69) is 39.1 Å². The highest BCUT2D eigenvalue weighted by Crippen LogP contribution is 2.21. The van der Waals surface area contributed by atoms with Crippen LogP contribution in [0, 0.1) is 0 Å². The molecule has 38 heavy (non-hydrogen) atoms. The average molecular weight is 527 g/mol. The van der Waals surface area contributed by atoms with Crippen molar-refractivity contribution in [2.24, 2.45) is 0 Å². The number of hydrogen-bond acceptors (Lipinski definition) is 5. The van der Waals surface area contributed by atoms with Crippen LogP contribution in [0.4, 0.5) is 0 Å². The number of nitrogens with zero attached hydrogens (tertiary/aromatic N) is 3. The quantitative estimate of drug-likeness (QED) is 0.197. The fourth-order valence-electron chi connectivity index (χ4n) is 4.46. The van der Waals surface area contributed by atoms with Crippen LogP contribution < -0.4 is 10.1 Å². The van der Waals surface area contributed by atoms with Gasteiger partial charge in [0, 0.05) is 23.7 Å². The van der Waals surface area contributed by atoms with Crippen molar-refractivity contribution in [2.45, 2.75) is 45.2 Å². The van der Waals surface area contributed by atoms with E-state index in [1.54, 1.807) is 6.20 Å². The molecule has 2 N–H and O–H groups in total. The van der Waals surface area contributed by atoms with Crippen LogP contribution >= 0.6 is 11.6 Å². The van der Waals surface area contributed by atoms with Crippen molar-refractivity contribution in [3.8, 4) is 5.75 Å². The van der Waals surface area contributed by atoms with Crippen molar-refractivity contribution in [2.75, 3.05) is 0 Å². The first-order valence-electron chi connectivity index (χ1n) is 12.8. The molecular formula is C31H31ClN4O2. The molecule has 0 aliphatic rings. The van der Waals surface area contributed by atoms with E-state index in [1.807, 2.05) is 73.7 Å². The van der Waals surface area contributed by atoms with Gasteiger partial charge in [0.2, 0.25) is 0 Å². The van der Waals surface area contributed by atoms with Gasteiger partial charge in [0.15, 0.2) is 5.65 Å². The number of aliphatic hydroxyl groups is 1. The first kappa shape index (κ1) is 25.9.